The van der Waals surface area contributed by atoms with E-state index in [1.807, 2.05) is 21.1 Å². The number of hydrogen-bond donors (Lipinski definition) is 1. The number of halogens is 2. The van der Waals surface area contributed by atoms with Crippen molar-refractivity contribution in [1.82, 2.24) is 10.2 Å². The van der Waals surface area contributed by atoms with Crippen LogP contribution in [0.1, 0.15) is 49.3 Å². The van der Waals surface area contributed by atoms with Crippen LogP contribution in [0.4, 0.5) is 8.78 Å². The number of aryl methyl sites for hydroxylation is 1. The van der Waals surface area contributed by atoms with Crippen molar-refractivity contribution in [2.75, 3.05) is 21.1 Å². The summed E-state index contributed by atoms with van der Waals surface area (Å²) in [7, 11) is 5.91. The molecule has 118 valence electrons. The summed E-state index contributed by atoms with van der Waals surface area (Å²) in [5.41, 5.74) is 0.639. The Morgan fingerprint density at radius 2 is 1.71 bits per heavy atom. The first-order valence-electron chi connectivity index (χ1n) is 7.73. The first-order chi connectivity index (χ1) is 9.94. The van der Waals surface area contributed by atoms with E-state index in [0.29, 0.717) is 11.1 Å². The van der Waals surface area contributed by atoms with Crippen LogP contribution in [0.25, 0.3) is 0 Å². The lowest BCUT2D eigenvalue weighted by atomic mass is 9.73. The Labute approximate surface area is 126 Å². The summed E-state index contributed by atoms with van der Waals surface area (Å²) in [6, 6.07) is 3.20. The summed E-state index contributed by atoms with van der Waals surface area (Å²) in [6.45, 7) is 1.60. The van der Waals surface area contributed by atoms with Gasteiger partial charge < -0.3 is 10.2 Å². The molecule has 0 radical (unpaired) electrons. The number of benzene rings is 1. The van der Waals surface area contributed by atoms with Crippen molar-refractivity contribution in [3.05, 3.63) is 34.9 Å². The Hall–Kier alpha value is -1.00. The van der Waals surface area contributed by atoms with E-state index < -0.39 is 11.6 Å². The van der Waals surface area contributed by atoms with Gasteiger partial charge in [-0.25, -0.2) is 8.78 Å². The summed E-state index contributed by atoms with van der Waals surface area (Å²) < 4.78 is 28.4. The Bertz CT molecular complexity index is 494. The van der Waals surface area contributed by atoms with E-state index in [2.05, 4.69) is 10.2 Å². The van der Waals surface area contributed by atoms with Gasteiger partial charge in [-0.2, -0.15) is 0 Å². The lowest BCUT2D eigenvalue weighted by Gasteiger charge is -2.48. The van der Waals surface area contributed by atoms with Crippen molar-refractivity contribution < 1.29 is 8.78 Å². The molecule has 1 atom stereocenters. The second kappa shape index (κ2) is 6.41. The third-order valence-corrected chi connectivity index (χ3v) is 5.05. The summed E-state index contributed by atoms with van der Waals surface area (Å²) in [6.07, 6.45) is 5.48. The summed E-state index contributed by atoms with van der Waals surface area (Å²) in [5.74, 6) is -1.43. The lowest BCUT2D eigenvalue weighted by molar-refractivity contribution is 0.0578. The van der Waals surface area contributed by atoms with Crippen molar-refractivity contribution >= 4 is 0 Å². The second-order valence-electron chi connectivity index (χ2n) is 6.38. The van der Waals surface area contributed by atoms with Crippen LogP contribution in [0.15, 0.2) is 12.1 Å². The zero-order valence-electron chi connectivity index (χ0n) is 13.5. The lowest BCUT2D eigenvalue weighted by Crippen LogP contribution is -2.54. The van der Waals surface area contributed by atoms with Gasteiger partial charge in [0.15, 0.2) is 11.6 Å². The maximum atomic E-state index is 14.5. The molecule has 1 fully saturated rings. The molecule has 0 aliphatic heterocycles. The van der Waals surface area contributed by atoms with Crippen molar-refractivity contribution in [3.63, 3.8) is 0 Å². The van der Waals surface area contributed by atoms with E-state index in [1.165, 1.54) is 6.42 Å². The van der Waals surface area contributed by atoms with E-state index in [1.54, 1.807) is 19.1 Å². The van der Waals surface area contributed by atoms with Crippen molar-refractivity contribution in [2.24, 2.45) is 0 Å². The van der Waals surface area contributed by atoms with Gasteiger partial charge >= 0.3 is 0 Å². The molecule has 1 N–H and O–H groups in total. The average molecular weight is 296 g/mol. The maximum Gasteiger partial charge on any atom is 0.163 e. The summed E-state index contributed by atoms with van der Waals surface area (Å²) in [5, 5.41) is 3.25. The average Bonchev–Trinajstić information content (AvgIpc) is 2.48. The molecule has 0 heterocycles. The normalized spacial score (nSPS) is 19.8. The fraction of sp³-hybridized carbons (Fsp3) is 0.647. The van der Waals surface area contributed by atoms with Crippen LogP contribution >= 0.6 is 0 Å². The minimum atomic E-state index is -0.725. The number of likely N-dealkylation sites (N-methyl/N-ethyl adjacent to an activating group) is 2. The van der Waals surface area contributed by atoms with Gasteiger partial charge in [-0.15, -0.1) is 0 Å². The van der Waals surface area contributed by atoms with Crippen molar-refractivity contribution in [1.29, 1.82) is 0 Å². The molecule has 1 saturated carbocycles. The van der Waals surface area contributed by atoms with Crippen LogP contribution in [0, 0.1) is 18.6 Å². The van der Waals surface area contributed by atoms with Gasteiger partial charge in [-0.3, -0.25) is 0 Å². The molecule has 2 rings (SSSR count). The van der Waals surface area contributed by atoms with Gasteiger partial charge in [-0.1, -0.05) is 31.4 Å². The molecule has 4 heteroatoms. The fourth-order valence-corrected chi connectivity index (χ4v) is 3.76. The highest BCUT2D eigenvalue weighted by Crippen LogP contribution is 2.42. The van der Waals surface area contributed by atoms with E-state index in [9.17, 15) is 8.78 Å². The summed E-state index contributed by atoms with van der Waals surface area (Å²) >= 11 is 0. The Morgan fingerprint density at radius 1 is 1.10 bits per heavy atom. The van der Waals surface area contributed by atoms with Gasteiger partial charge in [-0.05, 0) is 46.5 Å². The third-order valence-electron chi connectivity index (χ3n) is 5.05. The minimum Gasteiger partial charge on any atom is -0.311 e. The standard InChI is InChI=1S/C17H26F2N2/c1-12-8-9-13(15(19)14(12)18)16(20-2)17(21(3)4)10-6-5-7-11-17/h8-9,16,20H,5-7,10-11H2,1-4H3. The molecule has 1 aromatic carbocycles. The van der Waals surface area contributed by atoms with Gasteiger partial charge in [0.25, 0.3) is 0 Å². The first kappa shape index (κ1) is 16.4. The second-order valence-corrected chi connectivity index (χ2v) is 6.38. The van der Waals surface area contributed by atoms with Gasteiger partial charge in [0.1, 0.15) is 0 Å². The van der Waals surface area contributed by atoms with E-state index >= 15 is 0 Å². The third kappa shape index (κ3) is 2.84. The Kier molecular flexibility index (Phi) is 4.99. The van der Waals surface area contributed by atoms with Crippen LogP contribution in [0.2, 0.25) is 0 Å². The quantitative estimate of drug-likeness (QED) is 0.909. The van der Waals surface area contributed by atoms with Crippen LogP contribution in [0.5, 0.6) is 0 Å². The highest BCUT2D eigenvalue weighted by atomic mass is 19.2. The molecule has 0 aromatic heterocycles. The molecule has 0 spiro atoms. The number of nitrogens with one attached hydrogen (secondary N) is 1. The predicted octanol–water partition coefficient (Wildman–Crippen LogP) is 3.80. The highest BCUT2D eigenvalue weighted by Gasteiger charge is 2.43. The van der Waals surface area contributed by atoms with Gasteiger partial charge in [0.05, 0.1) is 6.04 Å². The highest BCUT2D eigenvalue weighted by molar-refractivity contribution is 5.30. The SMILES string of the molecule is CNC(c1ccc(C)c(F)c1F)C1(N(C)C)CCCCC1. The molecular weight excluding hydrogens is 270 g/mol. The maximum absolute atomic E-state index is 14.5. The van der Waals surface area contributed by atoms with E-state index in [-0.39, 0.29) is 11.6 Å². The Balaban J connectivity index is 2.49. The molecular formula is C17H26F2N2. The van der Waals surface area contributed by atoms with Crippen LogP contribution in [-0.4, -0.2) is 31.6 Å². The van der Waals surface area contributed by atoms with E-state index in [0.717, 1.165) is 25.7 Å². The molecule has 1 aromatic rings. The Morgan fingerprint density at radius 3 is 2.24 bits per heavy atom. The van der Waals surface area contributed by atoms with Gasteiger partial charge in [0.2, 0.25) is 0 Å². The topological polar surface area (TPSA) is 15.3 Å². The van der Waals surface area contributed by atoms with Crippen LogP contribution in [0.3, 0.4) is 0 Å². The molecule has 21 heavy (non-hydrogen) atoms. The van der Waals surface area contributed by atoms with Crippen molar-refractivity contribution in [3.8, 4) is 0 Å². The smallest absolute Gasteiger partial charge is 0.163 e. The molecule has 0 amide bonds. The molecule has 0 saturated heterocycles. The van der Waals surface area contributed by atoms with Crippen LogP contribution < -0.4 is 5.32 Å². The monoisotopic (exact) mass is 296 g/mol. The minimum absolute atomic E-state index is 0.157. The first-order valence-corrected chi connectivity index (χ1v) is 7.73. The van der Waals surface area contributed by atoms with Gasteiger partial charge in [0, 0.05) is 11.1 Å². The van der Waals surface area contributed by atoms with Crippen LogP contribution in [-0.2, 0) is 0 Å². The fourth-order valence-electron chi connectivity index (χ4n) is 3.76. The molecule has 2 nitrogen and oxygen atoms in total. The largest absolute Gasteiger partial charge is 0.311 e. The van der Waals surface area contributed by atoms with Crippen molar-refractivity contribution in [2.45, 2.75) is 50.6 Å². The molecule has 1 aliphatic carbocycles. The van der Waals surface area contributed by atoms with E-state index in [4.69, 9.17) is 0 Å². The number of nitrogens with zero attached hydrogens (tertiary/aromatic N) is 1. The number of hydrogen-bond acceptors (Lipinski definition) is 2. The zero-order chi connectivity index (χ0) is 15.6. The number of rotatable bonds is 4. The molecule has 1 aliphatic rings. The molecule has 1 unspecified atom stereocenters. The predicted molar refractivity (Wildman–Crippen MR) is 82.4 cm³/mol. The zero-order valence-corrected chi connectivity index (χ0v) is 13.5. The molecule has 0 bridgehead atoms. The summed E-state index contributed by atoms with van der Waals surface area (Å²) in [4.78, 5) is 2.19.